The van der Waals surface area contributed by atoms with Gasteiger partial charge in [0.05, 0.1) is 17.6 Å². The monoisotopic (exact) mass is 395 g/mol. The summed E-state index contributed by atoms with van der Waals surface area (Å²) in [6.45, 7) is 1.78. The molecule has 3 rings (SSSR count). The van der Waals surface area contributed by atoms with E-state index in [9.17, 15) is 17.9 Å². The van der Waals surface area contributed by atoms with Crippen molar-refractivity contribution in [3.8, 4) is 5.75 Å². The van der Waals surface area contributed by atoms with Crippen molar-refractivity contribution in [2.75, 3.05) is 13.2 Å². The molecule has 26 heavy (non-hydrogen) atoms. The first kappa shape index (κ1) is 18.8. The van der Waals surface area contributed by atoms with Gasteiger partial charge in [-0.2, -0.15) is 0 Å². The number of fused-ring (bicyclic) bond motifs is 1. The van der Waals surface area contributed by atoms with Crippen molar-refractivity contribution in [3.05, 3.63) is 59.2 Å². The standard InChI is InChI=1S/C18H18FNO4S2/c1-2-24-17-8-7-12(9-15(17)19)26(22,23)20-10-16(21)14-11-25-18-6-4-3-5-13(14)18/h3-9,11,16,20-21H,2,10H2,1H3/t16-/m0/s1. The average Bonchev–Trinajstić information content (AvgIpc) is 3.06. The number of rotatable bonds is 7. The van der Waals surface area contributed by atoms with Gasteiger partial charge in [0.25, 0.3) is 0 Å². The quantitative estimate of drug-likeness (QED) is 0.643. The second-order valence-electron chi connectivity index (χ2n) is 5.58. The van der Waals surface area contributed by atoms with Crippen molar-refractivity contribution >= 4 is 31.4 Å². The van der Waals surface area contributed by atoms with E-state index in [1.54, 1.807) is 12.3 Å². The van der Waals surface area contributed by atoms with Gasteiger partial charge in [0.15, 0.2) is 11.6 Å². The Morgan fingerprint density at radius 3 is 2.77 bits per heavy atom. The van der Waals surface area contributed by atoms with E-state index in [-0.39, 0.29) is 23.8 Å². The lowest BCUT2D eigenvalue weighted by Crippen LogP contribution is -2.28. The first-order chi connectivity index (χ1) is 12.4. The Kier molecular flexibility index (Phi) is 5.57. The van der Waals surface area contributed by atoms with Gasteiger partial charge in [-0.1, -0.05) is 18.2 Å². The summed E-state index contributed by atoms with van der Waals surface area (Å²) < 4.78 is 47.0. The van der Waals surface area contributed by atoms with E-state index in [1.165, 1.54) is 23.5 Å². The van der Waals surface area contributed by atoms with Crippen molar-refractivity contribution in [2.45, 2.75) is 17.9 Å². The lowest BCUT2D eigenvalue weighted by atomic mass is 10.1. The number of nitrogens with one attached hydrogen (secondary N) is 1. The summed E-state index contributed by atoms with van der Waals surface area (Å²) in [7, 11) is -3.96. The third kappa shape index (κ3) is 3.88. The predicted molar refractivity (Wildman–Crippen MR) is 99.5 cm³/mol. The number of hydrogen-bond acceptors (Lipinski definition) is 5. The Morgan fingerprint density at radius 2 is 2.04 bits per heavy atom. The molecule has 5 nitrogen and oxygen atoms in total. The predicted octanol–water partition coefficient (Wildman–Crippen LogP) is 3.45. The summed E-state index contributed by atoms with van der Waals surface area (Å²) in [6, 6.07) is 11.0. The van der Waals surface area contributed by atoms with Crippen molar-refractivity contribution in [3.63, 3.8) is 0 Å². The highest BCUT2D eigenvalue weighted by Crippen LogP contribution is 2.30. The van der Waals surface area contributed by atoms with E-state index in [4.69, 9.17) is 4.74 Å². The number of thiophene rings is 1. The number of sulfonamides is 1. The van der Waals surface area contributed by atoms with Gasteiger partial charge in [-0.15, -0.1) is 11.3 Å². The zero-order valence-electron chi connectivity index (χ0n) is 14.0. The molecular weight excluding hydrogens is 377 g/mol. The van der Waals surface area contributed by atoms with Gasteiger partial charge in [-0.05, 0) is 42.0 Å². The molecule has 138 valence electrons. The molecule has 0 aliphatic heterocycles. The molecule has 1 atom stereocenters. The zero-order valence-corrected chi connectivity index (χ0v) is 15.6. The maximum absolute atomic E-state index is 13.9. The molecule has 1 heterocycles. The van der Waals surface area contributed by atoms with Crippen LogP contribution in [0.3, 0.4) is 0 Å². The van der Waals surface area contributed by atoms with Crippen LogP contribution < -0.4 is 9.46 Å². The van der Waals surface area contributed by atoms with Gasteiger partial charge in [-0.25, -0.2) is 17.5 Å². The summed E-state index contributed by atoms with van der Waals surface area (Å²) in [5, 5.41) is 13.1. The molecule has 0 aliphatic rings. The smallest absolute Gasteiger partial charge is 0.240 e. The van der Waals surface area contributed by atoms with Crippen LogP contribution in [0.4, 0.5) is 4.39 Å². The minimum absolute atomic E-state index is 0.00349. The van der Waals surface area contributed by atoms with Gasteiger partial charge in [0.2, 0.25) is 10.0 Å². The van der Waals surface area contributed by atoms with E-state index >= 15 is 0 Å². The Hall–Kier alpha value is -2.00. The van der Waals surface area contributed by atoms with Gasteiger partial charge >= 0.3 is 0 Å². The highest BCUT2D eigenvalue weighted by atomic mass is 32.2. The van der Waals surface area contributed by atoms with E-state index < -0.39 is 21.9 Å². The normalized spacial score (nSPS) is 13.0. The van der Waals surface area contributed by atoms with Gasteiger partial charge in [0.1, 0.15) is 0 Å². The van der Waals surface area contributed by atoms with Gasteiger partial charge in [0, 0.05) is 16.8 Å². The lowest BCUT2D eigenvalue weighted by Gasteiger charge is -2.13. The zero-order chi connectivity index (χ0) is 18.7. The molecule has 0 amide bonds. The van der Waals surface area contributed by atoms with E-state index in [0.29, 0.717) is 5.56 Å². The number of aliphatic hydroxyl groups excluding tert-OH is 1. The van der Waals surface area contributed by atoms with Crippen LogP contribution in [0.1, 0.15) is 18.6 Å². The Balaban J connectivity index is 1.74. The molecule has 1 aromatic heterocycles. The molecule has 2 N–H and O–H groups in total. The first-order valence-electron chi connectivity index (χ1n) is 7.98. The summed E-state index contributed by atoms with van der Waals surface area (Å²) in [5.41, 5.74) is 0.658. The van der Waals surface area contributed by atoms with Crippen molar-refractivity contribution in [2.24, 2.45) is 0 Å². The summed E-state index contributed by atoms with van der Waals surface area (Å²) in [4.78, 5) is -0.221. The second kappa shape index (κ2) is 7.71. The minimum Gasteiger partial charge on any atom is -0.491 e. The molecule has 0 bridgehead atoms. The first-order valence-corrected chi connectivity index (χ1v) is 10.3. The largest absolute Gasteiger partial charge is 0.491 e. The number of aliphatic hydroxyl groups is 1. The highest BCUT2D eigenvalue weighted by molar-refractivity contribution is 7.89. The van der Waals surface area contributed by atoms with Crippen LogP contribution in [-0.2, 0) is 10.0 Å². The highest BCUT2D eigenvalue weighted by Gasteiger charge is 2.20. The average molecular weight is 395 g/mol. The topological polar surface area (TPSA) is 75.6 Å². The lowest BCUT2D eigenvalue weighted by molar-refractivity contribution is 0.184. The molecular formula is C18H18FNO4S2. The molecule has 0 saturated heterocycles. The SMILES string of the molecule is CCOc1ccc(S(=O)(=O)NC[C@H](O)c2csc3ccccc23)cc1F. The fraction of sp³-hybridized carbons (Fsp3) is 0.222. The van der Waals surface area contributed by atoms with Gasteiger partial charge in [-0.3, -0.25) is 0 Å². The van der Waals surface area contributed by atoms with Crippen LogP contribution in [0, 0.1) is 5.82 Å². The van der Waals surface area contributed by atoms with Gasteiger partial charge < -0.3 is 9.84 Å². The number of halogens is 1. The fourth-order valence-electron chi connectivity index (χ4n) is 2.56. The Morgan fingerprint density at radius 1 is 1.27 bits per heavy atom. The maximum Gasteiger partial charge on any atom is 0.240 e. The van der Waals surface area contributed by atoms with Crippen LogP contribution in [0.15, 0.2) is 52.7 Å². The van der Waals surface area contributed by atoms with Crippen molar-refractivity contribution < 1.29 is 22.7 Å². The molecule has 0 aliphatic carbocycles. The van der Waals surface area contributed by atoms with Crippen molar-refractivity contribution in [1.29, 1.82) is 0 Å². The molecule has 0 saturated carbocycles. The fourth-order valence-corrected chi connectivity index (χ4v) is 4.62. The number of hydrogen-bond donors (Lipinski definition) is 2. The molecule has 0 fully saturated rings. The summed E-state index contributed by atoms with van der Waals surface area (Å²) in [6.07, 6.45) is -1.01. The number of benzene rings is 2. The Labute approximate surface area is 155 Å². The molecule has 0 spiro atoms. The molecule has 2 aromatic carbocycles. The van der Waals surface area contributed by atoms with E-state index in [1.807, 2.05) is 24.3 Å². The minimum atomic E-state index is -3.96. The van der Waals surface area contributed by atoms with Crippen LogP contribution in [0.2, 0.25) is 0 Å². The van der Waals surface area contributed by atoms with Crippen LogP contribution >= 0.6 is 11.3 Å². The molecule has 0 unspecified atom stereocenters. The van der Waals surface area contributed by atoms with E-state index in [2.05, 4.69) is 4.72 Å². The number of ether oxygens (including phenoxy) is 1. The maximum atomic E-state index is 13.9. The Bertz CT molecular complexity index is 1020. The van der Waals surface area contributed by atoms with Crippen LogP contribution in [0.25, 0.3) is 10.1 Å². The summed E-state index contributed by atoms with van der Waals surface area (Å²) in [5.74, 6) is -0.754. The molecule has 3 aromatic rings. The molecule has 8 heteroatoms. The van der Waals surface area contributed by atoms with Crippen molar-refractivity contribution in [1.82, 2.24) is 4.72 Å². The molecule has 0 radical (unpaired) electrons. The third-order valence-corrected chi connectivity index (χ3v) is 6.25. The van der Waals surface area contributed by atoms with E-state index in [0.717, 1.165) is 16.2 Å². The third-order valence-electron chi connectivity index (χ3n) is 3.85. The second-order valence-corrected chi connectivity index (χ2v) is 8.26. The summed E-state index contributed by atoms with van der Waals surface area (Å²) >= 11 is 1.48. The van der Waals surface area contributed by atoms with Crippen LogP contribution in [-0.4, -0.2) is 26.7 Å². The van der Waals surface area contributed by atoms with Crippen LogP contribution in [0.5, 0.6) is 5.75 Å².